The van der Waals surface area contributed by atoms with Crippen molar-refractivity contribution in [2.75, 3.05) is 12.5 Å². The maximum Gasteiger partial charge on any atom is 0.244 e. The molecule has 0 radical (unpaired) electrons. The van der Waals surface area contributed by atoms with Gasteiger partial charge in [-0.3, -0.25) is 9.59 Å². The van der Waals surface area contributed by atoms with E-state index in [1.807, 2.05) is 25.1 Å². The molecule has 1 N–H and O–H groups in total. The summed E-state index contributed by atoms with van der Waals surface area (Å²) in [5, 5.41) is 3.04. The Morgan fingerprint density at radius 2 is 2.21 bits per heavy atom. The number of hydrogen-bond donors (Lipinski definition) is 1. The first kappa shape index (κ1) is 15.6. The van der Waals surface area contributed by atoms with Crippen LogP contribution in [0.15, 0.2) is 18.2 Å². The van der Waals surface area contributed by atoms with E-state index < -0.39 is 0 Å². The number of fused-ring (bicyclic) bond motifs is 2. The van der Waals surface area contributed by atoms with Crippen LogP contribution in [0.1, 0.15) is 38.3 Å². The highest BCUT2D eigenvalue weighted by Gasteiger charge is 2.52. The Morgan fingerprint density at radius 3 is 3.04 bits per heavy atom. The topological polar surface area (TPSA) is 67.9 Å². The van der Waals surface area contributed by atoms with Crippen molar-refractivity contribution < 1.29 is 19.1 Å². The van der Waals surface area contributed by atoms with Gasteiger partial charge in [-0.15, -0.1) is 11.8 Å². The molecule has 24 heavy (non-hydrogen) atoms. The van der Waals surface area contributed by atoms with Gasteiger partial charge in [0.15, 0.2) is 11.5 Å². The Morgan fingerprint density at radius 1 is 1.42 bits per heavy atom. The van der Waals surface area contributed by atoms with E-state index in [9.17, 15) is 9.59 Å². The van der Waals surface area contributed by atoms with Crippen LogP contribution in [0.5, 0.6) is 11.5 Å². The Balaban J connectivity index is 1.47. The van der Waals surface area contributed by atoms with E-state index in [1.54, 1.807) is 16.7 Å². The zero-order valence-corrected chi connectivity index (χ0v) is 14.5. The molecule has 128 valence electrons. The molecule has 0 spiro atoms. The Bertz CT molecular complexity index is 710. The summed E-state index contributed by atoms with van der Waals surface area (Å²) in [4.78, 5) is 26.4. The smallest absolute Gasteiger partial charge is 0.244 e. The minimum Gasteiger partial charge on any atom is -0.454 e. The average molecular weight is 348 g/mol. The molecule has 3 atom stereocenters. The van der Waals surface area contributed by atoms with Crippen LogP contribution in [-0.4, -0.2) is 40.2 Å². The lowest BCUT2D eigenvalue weighted by atomic mass is 10.1. The van der Waals surface area contributed by atoms with Crippen molar-refractivity contribution in [3.63, 3.8) is 0 Å². The fourth-order valence-corrected chi connectivity index (χ4v) is 5.02. The zero-order valence-electron chi connectivity index (χ0n) is 13.7. The van der Waals surface area contributed by atoms with Crippen molar-refractivity contribution in [2.45, 2.75) is 43.6 Å². The number of nitrogens with zero attached hydrogens (tertiary/aromatic N) is 1. The summed E-state index contributed by atoms with van der Waals surface area (Å²) < 4.78 is 10.7. The second-order valence-corrected chi connectivity index (χ2v) is 8.11. The highest BCUT2D eigenvalue weighted by atomic mass is 32.2. The first-order valence-corrected chi connectivity index (χ1v) is 9.12. The van der Waals surface area contributed by atoms with E-state index in [-0.39, 0.29) is 35.6 Å². The predicted molar refractivity (Wildman–Crippen MR) is 89.9 cm³/mol. The third kappa shape index (κ3) is 2.42. The van der Waals surface area contributed by atoms with Gasteiger partial charge in [-0.05, 0) is 38.0 Å². The van der Waals surface area contributed by atoms with Crippen LogP contribution >= 0.6 is 11.8 Å². The number of hydrogen-bond acceptors (Lipinski definition) is 5. The molecule has 0 bridgehead atoms. The van der Waals surface area contributed by atoms with Crippen molar-refractivity contribution in [3.8, 4) is 11.5 Å². The second kappa shape index (κ2) is 5.58. The van der Waals surface area contributed by atoms with Gasteiger partial charge in [0.05, 0.1) is 10.9 Å². The maximum absolute atomic E-state index is 12.7. The largest absolute Gasteiger partial charge is 0.454 e. The summed E-state index contributed by atoms with van der Waals surface area (Å²) in [7, 11) is 0. The monoisotopic (exact) mass is 348 g/mol. The summed E-state index contributed by atoms with van der Waals surface area (Å²) in [6.45, 7) is 4.22. The number of carbonyl (C=O) groups is 2. The molecule has 2 saturated heterocycles. The van der Waals surface area contributed by atoms with E-state index in [4.69, 9.17) is 9.47 Å². The lowest BCUT2D eigenvalue weighted by Gasteiger charge is -2.30. The highest BCUT2D eigenvalue weighted by Crippen LogP contribution is 2.47. The van der Waals surface area contributed by atoms with E-state index in [0.29, 0.717) is 17.9 Å². The van der Waals surface area contributed by atoms with Crippen molar-refractivity contribution in [1.82, 2.24) is 10.2 Å². The Labute approximate surface area is 144 Å². The Kier molecular flexibility index (Phi) is 3.63. The van der Waals surface area contributed by atoms with Gasteiger partial charge in [-0.1, -0.05) is 6.07 Å². The molecule has 0 aromatic heterocycles. The average Bonchev–Trinajstić information content (AvgIpc) is 3.22. The Hall–Kier alpha value is -1.89. The molecule has 3 heterocycles. The fourth-order valence-electron chi connectivity index (χ4n) is 3.59. The van der Waals surface area contributed by atoms with Crippen molar-refractivity contribution in [1.29, 1.82) is 0 Å². The first-order valence-electron chi connectivity index (χ1n) is 8.14. The molecule has 0 aliphatic carbocycles. The summed E-state index contributed by atoms with van der Waals surface area (Å²) in [5.41, 5.74) is 0.953. The third-order valence-electron chi connectivity index (χ3n) is 5.00. The van der Waals surface area contributed by atoms with E-state index in [0.717, 1.165) is 17.7 Å². The van der Waals surface area contributed by atoms with Gasteiger partial charge in [0.25, 0.3) is 0 Å². The molecule has 3 aliphatic rings. The summed E-state index contributed by atoms with van der Waals surface area (Å²) in [6, 6.07) is 5.12. The van der Waals surface area contributed by atoms with Gasteiger partial charge in [0, 0.05) is 12.2 Å². The van der Waals surface area contributed by atoms with Crippen LogP contribution < -0.4 is 14.8 Å². The summed E-state index contributed by atoms with van der Waals surface area (Å²) in [5.74, 6) is 2.07. The lowest BCUT2D eigenvalue weighted by molar-refractivity contribution is -0.138. The number of rotatable bonds is 3. The van der Waals surface area contributed by atoms with Crippen LogP contribution in [0.25, 0.3) is 0 Å². The van der Waals surface area contributed by atoms with Crippen LogP contribution in [0.3, 0.4) is 0 Å². The molecule has 0 unspecified atom stereocenters. The first-order chi connectivity index (χ1) is 11.5. The molecule has 2 amide bonds. The molecular weight excluding hydrogens is 328 g/mol. The molecule has 1 aromatic carbocycles. The van der Waals surface area contributed by atoms with Gasteiger partial charge in [0.2, 0.25) is 18.6 Å². The van der Waals surface area contributed by atoms with Gasteiger partial charge in [-0.25, -0.2) is 0 Å². The van der Waals surface area contributed by atoms with Crippen LogP contribution in [0.4, 0.5) is 0 Å². The normalized spacial score (nSPS) is 28.8. The summed E-state index contributed by atoms with van der Waals surface area (Å²) >= 11 is 1.70. The zero-order chi connectivity index (χ0) is 16.9. The molecule has 4 rings (SSSR count). The van der Waals surface area contributed by atoms with E-state index in [1.165, 1.54) is 0 Å². The standard InChI is InChI=1S/C17H20N2O4S/c1-10(11-3-4-13-14(7-11)23-9-22-13)18-16(21)12-8-24-17(2)6-5-15(20)19(12)17/h3-4,7,10,12H,5-6,8-9H2,1-2H3,(H,18,21)/t10-,12-,17+/m0/s1. The second-order valence-electron chi connectivity index (χ2n) is 6.61. The number of amides is 2. The number of nitrogens with one attached hydrogen (secondary N) is 1. The van der Waals surface area contributed by atoms with Crippen LogP contribution in [-0.2, 0) is 9.59 Å². The van der Waals surface area contributed by atoms with Gasteiger partial charge < -0.3 is 19.7 Å². The minimum atomic E-state index is -0.383. The number of ether oxygens (including phenoxy) is 2. The van der Waals surface area contributed by atoms with Gasteiger partial charge in [0.1, 0.15) is 6.04 Å². The fraction of sp³-hybridized carbons (Fsp3) is 0.529. The summed E-state index contributed by atoms with van der Waals surface area (Å²) in [6.07, 6.45) is 1.35. The quantitative estimate of drug-likeness (QED) is 0.905. The van der Waals surface area contributed by atoms with Crippen molar-refractivity contribution >= 4 is 23.6 Å². The lowest BCUT2D eigenvalue weighted by Crippen LogP contribution is -2.50. The molecule has 3 aliphatic heterocycles. The van der Waals surface area contributed by atoms with Crippen molar-refractivity contribution in [2.24, 2.45) is 0 Å². The molecule has 0 saturated carbocycles. The van der Waals surface area contributed by atoms with Crippen LogP contribution in [0.2, 0.25) is 0 Å². The van der Waals surface area contributed by atoms with Gasteiger partial charge in [-0.2, -0.15) is 0 Å². The molecule has 7 heteroatoms. The minimum absolute atomic E-state index is 0.0818. The molecular formula is C17H20N2O4S. The number of benzene rings is 1. The molecule has 2 fully saturated rings. The SMILES string of the molecule is C[C@H](NC(=O)[C@@H]1CS[C@]2(C)CCC(=O)N12)c1ccc2c(c1)OCO2. The van der Waals surface area contributed by atoms with Gasteiger partial charge >= 0.3 is 0 Å². The number of thioether (sulfide) groups is 1. The van der Waals surface area contributed by atoms with E-state index in [2.05, 4.69) is 12.2 Å². The predicted octanol–water partition coefficient (Wildman–Crippen LogP) is 2.05. The molecule has 1 aromatic rings. The van der Waals surface area contributed by atoms with Crippen molar-refractivity contribution in [3.05, 3.63) is 23.8 Å². The third-order valence-corrected chi connectivity index (χ3v) is 6.51. The highest BCUT2D eigenvalue weighted by molar-refractivity contribution is 8.01. The van der Waals surface area contributed by atoms with E-state index >= 15 is 0 Å². The number of carbonyl (C=O) groups excluding carboxylic acids is 2. The maximum atomic E-state index is 12.7. The van der Waals surface area contributed by atoms with Crippen LogP contribution in [0, 0.1) is 0 Å². The molecule has 6 nitrogen and oxygen atoms in total.